The minimum atomic E-state index is -0.401. The first-order valence-electron chi connectivity index (χ1n) is 15.5. The molecule has 0 radical (unpaired) electrons. The van der Waals surface area contributed by atoms with Gasteiger partial charge in [0.2, 0.25) is 0 Å². The second-order valence-electron chi connectivity index (χ2n) is 12.1. The fourth-order valence-corrected chi connectivity index (χ4v) is 6.26. The van der Waals surface area contributed by atoms with Gasteiger partial charge in [-0.3, -0.25) is 9.59 Å². The molecule has 2 amide bonds. The fourth-order valence-electron chi connectivity index (χ4n) is 6.26. The second-order valence-corrected chi connectivity index (χ2v) is 12.1. The minimum Gasteiger partial charge on any atom is -0.490 e. The van der Waals surface area contributed by atoms with Crippen LogP contribution in [0.2, 0.25) is 0 Å². The van der Waals surface area contributed by atoms with E-state index in [1.807, 2.05) is 17.0 Å². The zero-order valence-corrected chi connectivity index (χ0v) is 24.8. The molecule has 3 fully saturated rings. The van der Waals surface area contributed by atoms with Crippen molar-refractivity contribution in [2.75, 3.05) is 57.3 Å². The lowest BCUT2D eigenvalue weighted by atomic mass is 9.79. The van der Waals surface area contributed by atoms with Gasteiger partial charge in [-0.15, -0.1) is 0 Å². The van der Waals surface area contributed by atoms with E-state index in [1.54, 1.807) is 11.0 Å². The van der Waals surface area contributed by atoms with Gasteiger partial charge in [0.15, 0.2) is 0 Å². The third-order valence-corrected chi connectivity index (χ3v) is 9.08. The number of amides is 2. The van der Waals surface area contributed by atoms with E-state index in [-0.39, 0.29) is 17.9 Å². The summed E-state index contributed by atoms with van der Waals surface area (Å²) in [5.74, 6) is 1.46. The van der Waals surface area contributed by atoms with Gasteiger partial charge in [0.05, 0.1) is 6.10 Å². The molecule has 0 unspecified atom stereocenters. The molecule has 0 spiro atoms. The van der Waals surface area contributed by atoms with Crippen LogP contribution in [0.15, 0.2) is 36.4 Å². The molecule has 222 valence electrons. The monoisotopic (exact) mass is 564 g/mol. The molecule has 7 nitrogen and oxygen atoms in total. The van der Waals surface area contributed by atoms with Gasteiger partial charge in [0, 0.05) is 69.2 Å². The Morgan fingerprint density at radius 1 is 0.902 bits per heavy atom. The predicted octanol–water partition coefficient (Wildman–Crippen LogP) is 5.30. The Bertz CT molecular complexity index is 1210. The molecule has 41 heavy (non-hydrogen) atoms. The molecule has 5 rings (SSSR count). The summed E-state index contributed by atoms with van der Waals surface area (Å²) >= 11 is 0. The number of hydrogen-bond acceptors (Lipinski definition) is 5. The van der Waals surface area contributed by atoms with Crippen molar-refractivity contribution in [3.05, 3.63) is 58.9 Å². The molecule has 0 aromatic heterocycles. The molecular formula is C33H45FN4O3. The average molecular weight is 565 g/mol. The second kappa shape index (κ2) is 13.2. The Kier molecular flexibility index (Phi) is 9.48. The van der Waals surface area contributed by atoms with Gasteiger partial charge in [-0.1, -0.05) is 26.7 Å². The van der Waals surface area contributed by atoms with Crippen LogP contribution in [0.25, 0.3) is 0 Å². The van der Waals surface area contributed by atoms with E-state index in [9.17, 15) is 14.0 Å². The molecule has 2 aromatic carbocycles. The van der Waals surface area contributed by atoms with E-state index in [4.69, 9.17) is 4.74 Å². The summed E-state index contributed by atoms with van der Waals surface area (Å²) in [7, 11) is 0. The van der Waals surface area contributed by atoms with Crippen LogP contribution < -0.4 is 15.0 Å². The quantitative estimate of drug-likeness (QED) is 0.494. The van der Waals surface area contributed by atoms with E-state index >= 15 is 0 Å². The number of benzene rings is 2. The standard InChI is InChI=1S/C33H45FN4O3/c1-4-24(3)41-31-10-9-26(21-30(31)25-7-5-23(2)6-8-25)32(39)37-15-17-38(18-16-37)33(40)27-19-28(34)22-29(20-27)36-13-11-35-12-14-36/h9-10,19-25,35H,4-8,11-18H2,1-3H3/t23?,24-,25?/m1/s1. The lowest BCUT2D eigenvalue weighted by Gasteiger charge is -2.35. The molecule has 2 heterocycles. The Balaban J connectivity index is 1.25. The SMILES string of the molecule is CC[C@@H](C)Oc1ccc(C(=O)N2CCN(C(=O)c3cc(F)cc(N4CCNCC4)c3)CC2)cc1C1CCC(C)CC1. The average Bonchev–Trinajstić information content (AvgIpc) is 3.01. The van der Waals surface area contributed by atoms with Crippen LogP contribution in [0.3, 0.4) is 0 Å². The van der Waals surface area contributed by atoms with Crippen LogP contribution >= 0.6 is 0 Å². The Morgan fingerprint density at radius 3 is 2.17 bits per heavy atom. The Hall–Kier alpha value is -3.13. The number of carbonyl (C=O) groups is 2. The topological polar surface area (TPSA) is 65.1 Å². The first-order valence-corrected chi connectivity index (χ1v) is 15.5. The van der Waals surface area contributed by atoms with Gasteiger partial charge in [0.25, 0.3) is 11.8 Å². The summed E-state index contributed by atoms with van der Waals surface area (Å²) in [6.07, 6.45) is 5.68. The van der Waals surface area contributed by atoms with Gasteiger partial charge in [-0.25, -0.2) is 4.39 Å². The van der Waals surface area contributed by atoms with Gasteiger partial charge in [-0.05, 0) is 80.0 Å². The van der Waals surface area contributed by atoms with Crippen molar-refractivity contribution in [1.29, 1.82) is 0 Å². The van der Waals surface area contributed by atoms with Gasteiger partial charge in [0.1, 0.15) is 11.6 Å². The van der Waals surface area contributed by atoms with Crippen LogP contribution in [0.5, 0.6) is 5.75 Å². The summed E-state index contributed by atoms with van der Waals surface area (Å²) in [6.45, 7) is 11.5. The molecule has 1 saturated carbocycles. The van der Waals surface area contributed by atoms with Crippen LogP contribution in [-0.4, -0.2) is 80.1 Å². The summed E-state index contributed by atoms with van der Waals surface area (Å²) in [4.78, 5) is 32.6. The van der Waals surface area contributed by atoms with E-state index in [2.05, 4.69) is 37.1 Å². The van der Waals surface area contributed by atoms with Crippen LogP contribution in [-0.2, 0) is 0 Å². The Morgan fingerprint density at radius 2 is 1.54 bits per heavy atom. The highest BCUT2D eigenvalue weighted by molar-refractivity contribution is 5.96. The van der Waals surface area contributed by atoms with Crippen molar-refractivity contribution in [1.82, 2.24) is 15.1 Å². The fraction of sp³-hybridized carbons (Fsp3) is 0.576. The lowest BCUT2D eigenvalue weighted by molar-refractivity contribution is 0.0535. The zero-order valence-electron chi connectivity index (χ0n) is 24.8. The van der Waals surface area contributed by atoms with Gasteiger partial charge >= 0.3 is 0 Å². The molecule has 1 atom stereocenters. The van der Waals surface area contributed by atoms with Crippen molar-refractivity contribution in [3.8, 4) is 5.75 Å². The van der Waals surface area contributed by atoms with E-state index in [0.29, 0.717) is 43.2 Å². The number of halogens is 1. The number of nitrogens with zero attached hydrogens (tertiary/aromatic N) is 3. The van der Waals surface area contributed by atoms with Crippen LogP contribution in [0.4, 0.5) is 10.1 Å². The van der Waals surface area contributed by atoms with Crippen molar-refractivity contribution in [2.45, 2.75) is 64.9 Å². The molecule has 2 aliphatic heterocycles. The predicted molar refractivity (Wildman–Crippen MR) is 160 cm³/mol. The summed E-state index contributed by atoms with van der Waals surface area (Å²) in [6, 6.07) is 10.5. The maximum absolute atomic E-state index is 14.5. The molecule has 1 N–H and O–H groups in total. The number of anilines is 1. The number of rotatable bonds is 7. The largest absolute Gasteiger partial charge is 0.490 e. The minimum absolute atomic E-state index is 0.00985. The molecule has 2 aromatic rings. The highest BCUT2D eigenvalue weighted by atomic mass is 19.1. The van der Waals surface area contributed by atoms with Gasteiger partial charge in [-0.2, -0.15) is 0 Å². The smallest absolute Gasteiger partial charge is 0.254 e. The lowest BCUT2D eigenvalue weighted by Crippen LogP contribution is -2.50. The van der Waals surface area contributed by atoms with E-state index in [1.165, 1.54) is 25.0 Å². The third kappa shape index (κ3) is 7.03. The highest BCUT2D eigenvalue weighted by Crippen LogP contribution is 2.40. The van der Waals surface area contributed by atoms with Crippen LogP contribution in [0.1, 0.15) is 85.1 Å². The maximum atomic E-state index is 14.5. The zero-order chi connectivity index (χ0) is 28.9. The van der Waals surface area contributed by atoms with Crippen molar-refractivity contribution >= 4 is 17.5 Å². The van der Waals surface area contributed by atoms with Crippen molar-refractivity contribution < 1.29 is 18.7 Å². The molecule has 0 bridgehead atoms. The number of piperazine rings is 2. The van der Waals surface area contributed by atoms with Gasteiger partial charge < -0.3 is 24.8 Å². The molecular weight excluding hydrogens is 519 g/mol. The first-order chi connectivity index (χ1) is 19.8. The molecule has 1 aliphatic carbocycles. The third-order valence-electron chi connectivity index (χ3n) is 9.08. The first kappa shape index (κ1) is 29.4. The van der Waals surface area contributed by atoms with Crippen molar-refractivity contribution in [2.24, 2.45) is 5.92 Å². The number of carbonyl (C=O) groups excluding carboxylic acids is 2. The summed E-state index contributed by atoms with van der Waals surface area (Å²) in [5.41, 5.74) is 2.94. The van der Waals surface area contributed by atoms with Crippen LogP contribution in [0, 0.1) is 11.7 Å². The number of ether oxygens (including phenoxy) is 1. The van der Waals surface area contributed by atoms with E-state index < -0.39 is 5.82 Å². The maximum Gasteiger partial charge on any atom is 0.254 e. The Labute approximate surface area is 244 Å². The van der Waals surface area contributed by atoms with E-state index in [0.717, 1.165) is 68.4 Å². The van der Waals surface area contributed by atoms with Crippen molar-refractivity contribution in [3.63, 3.8) is 0 Å². The highest BCUT2D eigenvalue weighted by Gasteiger charge is 2.29. The normalized spacial score (nSPS) is 22.4. The molecule has 3 aliphatic rings. The summed E-state index contributed by atoms with van der Waals surface area (Å²) in [5, 5.41) is 3.30. The molecule has 2 saturated heterocycles. The molecule has 8 heteroatoms. The number of nitrogens with one attached hydrogen (secondary N) is 1. The number of hydrogen-bond donors (Lipinski definition) is 1. The summed E-state index contributed by atoms with van der Waals surface area (Å²) < 4.78 is 20.8.